The molecule has 1 aliphatic rings. The molecule has 6 heteroatoms. The number of anilines is 1. The average molecular weight is 472 g/mol. The van der Waals surface area contributed by atoms with E-state index in [1.54, 1.807) is 10.8 Å². The number of fused-ring (bicyclic) bond motifs is 1. The van der Waals surface area contributed by atoms with E-state index in [0.717, 1.165) is 38.5 Å². The van der Waals surface area contributed by atoms with Crippen LogP contribution in [0.25, 0.3) is 11.3 Å². The quantitative estimate of drug-likeness (QED) is 0.344. The largest absolute Gasteiger partial charge is 0.359 e. The van der Waals surface area contributed by atoms with Gasteiger partial charge in [0.05, 0.1) is 0 Å². The van der Waals surface area contributed by atoms with Crippen molar-refractivity contribution in [2.75, 3.05) is 5.32 Å². The first-order chi connectivity index (χ1) is 15.2. The molecule has 0 saturated carbocycles. The average Bonchev–Trinajstić information content (AvgIpc) is 3.12. The lowest BCUT2D eigenvalue weighted by Crippen LogP contribution is -2.44. The molecule has 1 aliphatic heterocycles. The molecule has 2 aromatic carbocycles. The number of nitrogens with one attached hydrogen (secondary N) is 1. The van der Waals surface area contributed by atoms with Gasteiger partial charge in [-0.25, -0.2) is 14.8 Å². The first-order valence-corrected chi connectivity index (χ1v) is 10.9. The molecule has 0 amide bonds. The number of halogens is 1. The van der Waals surface area contributed by atoms with Crippen LogP contribution >= 0.6 is 15.9 Å². The van der Waals surface area contributed by atoms with E-state index >= 15 is 0 Å². The zero-order chi connectivity index (χ0) is 21.2. The summed E-state index contributed by atoms with van der Waals surface area (Å²) in [4.78, 5) is 22.5. The molecule has 0 aliphatic carbocycles. The van der Waals surface area contributed by atoms with Gasteiger partial charge < -0.3 is 0 Å². The molecule has 4 aromatic rings. The maximum absolute atomic E-state index is 13.3. The van der Waals surface area contributed by atoms with Crippen LogP contribution in [0.4, 0.5) is 5.82 Å². The zero-order valence-corrected chi connectivity index (χ0v) is 18.3. The molecular formula is C25H20BrN4O+. The third-order valence-electron chi connectivity index (χ3n) is 5.38. The minimum absolute atomic E-state index is 0.0202. The number of aromatic nitrogens is 3. The van der Waals surface area contributed by atoms with Gasteiger partial charge in [-0.15, -0.1) is 0 Å². The Labute approximate surface area is 189 Å². The van der Waals surface area contributed by atoms with Crippen LogP contribution in [0, 0.1) is 0 Å². The van der Waals surface area contributed by atoms with Crippen LogP contribution in [-0.4, -0.2) is 21.9 Å². The molecule has 3 heterocycles. The molecular weight excluding hydrogens is 452 g/mol. The van der Waals surface area contributed by atoms with Gasteiger partial charge in [0, 0.05) is 24.6 Å². The minimum Gasteiger partial charge on any atom is -0.258 e. The lowest BCUT2D eigenvalue weighted by atomic mass is 10.1. The second kappa shape index (κ2) is 8.40. The Balaban J connectivity index is 1.53. The Morgan fingerprint density at radius 1 is 0.935 bits per heavy atom. The Bertz CT molecular complexity index is 1230. The van der Waals surface area contributed by atoms with E-state index in [1.807, 2.05) is 66.9 Å². The highest BCUT2D eigenvalue weighted by atomic mass is 79.9. The SMILES string of the molecule is O=C1C(Cc2ccc(Br)nc2)Nc2c(Cc3ccccc3)nc(-c3ccccc3)c[n+]21. The fourth-order valence-corrected chi connectivity index (χ4v) is 4.07. The number of benzene rings is 2. The highest BCUT2D eigenvalue weighted by molar-refractivity contribution is 9.10. The van der Waals surface area contributed by atoms with Crippen molar-refractivity contribution < 1.29 is 9.36 Å². The van der Waals surface area contributed by atoms with Crippen molar-refractivity contribution in [1.82, 2.24) is 9.97 Å². The van der Waals surface area contributed by atoms with Crippen molar-refractivity contribution in [3.63, 3.8) is 0 Å². The van der Waals surface area contributed by atoms with E-state index in [0.29, 0.717) is 12.8 Å². The molecule has 5 rings (SSSR count). The van der Waals surface area contributed by atoms with Gasteiger partial charge in [-0.3, -0.25) is 5.32 Å². The highest BCUT2D eigenvalue weighted by Gasteiger charge is 2.41. The summed E-state index contributed by atoms with van der Waals surface area (Å²) in [6, 6.07) is 23.7. The molecule has 0 fully saturated rings. The van der Waals surface area contributed by atoms with Gasteiger partial charge in [0.25, 0.3) is 0 Å². The van der Waals surface area contributed by atoms with Crippen LogP contribution in [-0.2, 0) is 12.8 Å². The molecule has 0 saturated heterocycles. The van der Waals surface area contributed by atoms with Gasteiger partial charge in [0.15, 0.2) is 6.04 Å². The van der Waals surface area contributed by atoms with Crippen molar-refractivity contribution in [1.29, 1.82) is 0 Å². The topological polar surface area (TPSA) is 58.8 Å². The standard InChI is InChI=1S/C25H19BrN4O/c26-23-12-11-18(15-27-23)14-21-25(31)30-16-22(19-9-5-2-6-10-19)28-20(24(30)29-21)13-17-7-3-1-4-8-17/h1-12,15-16,21H,13-14H2/p+1. The number of hydrogen-bond acceptors (Lipinski definition) is 4. The van der Waals surface area contributed by atoms with Gasteiger partial charge in [-0.2, -0.15) is 4.57 Å². The van der Waals surface area contributed by atoms with Crippen LogP contribution in [0.1, 0.15) is 21.6 Å². The van der Waals surface area contributed by atoms with Crippen molar-refractivity contribution in [3.8, 4) is 11.3 Å². The summed E-state index contributed by atoms with van der Waals surface area (Å²) in [7, 11) is 0. The second-order valence-corrected chi connectivity index (χ2v) is 8.36. The molecule has 0 spiro atoms. The van der Waals surface area contributed by atoms with Crippen LogP contribution < -0.4 is 9.88 Å². The predicted octanol–water partition coefficient (Wildman–Crippen LogP) is 4.46. The monoisotopic (exact) mass is 471 g/mol. The molecule has 2 aromatic heterocycles. The molecule has 0 bridgehead atoms. The summed E-state index contributed by atoms with van der Waals surface area (Å²) in [5, 5.41) is 3.43. The van der Waals surface area contributed by atoms with E-state index in [9.17, 15) is 4.79 Å². The van der Waals surface area contributed by atoms with Crippen LogP contribution in [0.15, 0.2) is 89.8 Å². The van der Waals surface area contributed by atoms with E-state index < -0.39 is 0 Å². The second-order valence-electron chi connectivity index (χ2n) is 7.55. The van der Waals surface area contributed by atoms with E-state index in [2.05, 4.69) is 38.4 Å². The Morgan fingerprint density at radius 3 is 2.39 bits per heavy atom. The predicted molar refractivity (Wildman–Crippen MR) is 123 cm³/mol. The van der Waals surface area contributed by atoms with E-state index in [1.165, 1.54) is 0 Å². The van der Waals surface area contributed by atoms with Crippen LogP contribution in [0.2, 0.25) is 0 Å². The fraction of sp³-hybridized carbons (Fsp3) is 0.120. The Kier molecular flexibility index (Phi) is 5.30. The van der Waals surface area contributed by atoms with Crippen molar-refractivity contribution in [2.24, 2.45) is 0 Å². The molecule has 5 nitrogen and oxygen atoms in total. The molecule has 1 N–H and O–H groups in total. The Morgan fingerprint density at radius 2 is 1.68 bits per heavy atom. The summed E-state index contributed by atoms with van der Waals surface area (Å²) in [5.74, 6) is 0.787. The number of carbonyl (C=O) groups excluding carboxylic acids is 1. The normalized spacial score (nSPS) is 14.9. The van der Waals surface area contributed by atoms with Crippen LogP contribution in [0.5, 0.6) is 0 Å². The van der Waals surface area contributed by atoms with Gasteiger partial charge in [-0.05, 0) is 33.1 Å². The molecule has 31 heavy (non-hydrogen) atoms. The third kappa shape index (κ3) is 4.11. The maximum Gasteiger partial charge on any atom is 0.359 e. The molecule has 1 atom stereocenters. The van der Waals surface area contributed by atoms with Gasteiger partial charge in [-0.1, -0.05) is 66.7 Å². The highest BCUT2D eigenvalue weighted by Crippen LogP contribution is 2.25. The lowest BCUT2D eigenvalue weighted by molar-refractivity contribution is -0.552. The van der Waals surface area contributed by atoms with E-state index in [4.69, 9.17) is 4.98 Å². The van der Waals surface area contributed by atoms with Crippen molar-refractivity contribution in [2.45, 2.75) is 18.9 Å². The number of carbonyl (C=O) groups is 1. The number of pyridine rings is 1. The summed E-state index contributed by atoms with van der Waals surface area (Å²) < 4.78 is 2.51. The summed E-state index contributed by atoms with van der Waals surface area (Å²) in [5.41, 5.74) is 4.79. The maximum atomic E-state index is 13.3. The minimum atomic E-state index is -0.356. The number of nitrogens with zero attached hydrogens (tertiary/aromatic N) is 3. The number of rotatable bonds is 5. The zero-order valence-electron chi connectivity index (χ0n) is 16.7. The molecule has 152 valence electrons. The fourth-order valence-electron chi connectivity index (χ4n) is 3.84. The summed E-state index contributed by atoms with van der Waals surface area (Å²) in [6.45, 7) is 0. The van der Waals surface area contributed by atoms with Crippen molar-refractivity contribution >= 4 is 27.7 Å². The lowest BCUT2D eigenvalue weighted by Gasteiger charge is -2.07. The smallest absolute Gasteiger partial charge is 0.258 e. The van der Waals surface area contributed by atoms with Gasteiger partial charge >= 0.3 is 11.7 Å². The first-order valence-electron chi connectivity index (χ1n) is 10.1. The van der Waals surface area contributed by atoms with Crippen LogP contribution in [0.3, 0.4) is 0 Å². The van der Waals surface area contributed by atoms with E-state index in [-0.39, 0.29) is 11.9 Å². The first kappa shape index (κ1) is 19.6. The van der Waals surface area contributed by atoms with Gasteiger partial charge in [0.2, 0.25) is 0 Å². The third-order valence-corrected chi connectivity index (χ3v) is 5.85. The van der Waals surface area contributed by atoms with Crippen molar-refractivity contribution in [3.05, 3.63) is 107 Å². The number of hydrogen-bond donors (Lipinski definition) is 1. The molecule has 1 unspecified atom stereocenters. The Hall–Kier alpha value is -3.38. The summed E-state index contributed by atoms with van der Waals surface area (Å²) in [6.07, 6.45) is 4.84. The molecule has 0 radical (unpaired) electrons. The summed E-state index contributed by atoms with van der Waals surface area (Å²) >= 11 is 3.36. The van der Waals surface area contributed by atoms with Gasteiger partial charge in [0.1, 0.15) is 22.2 Å².